The van der Waals surface area contributed by atoms with Crippen LogP contribution in [0.3, 0.4) is 0 Å². The molecule has 8 heteroatoms. The molecule has 130 valence electrons. The van der Waals surface area contributed by atoms with Crippen LogP contribution in [0.1, 0.15) is 31.5 Å². The van der Waals surface area contributed by atoms with Gasteiger partial charge in [-0.1, -0.05) is 0 Å². The van der Waals surface area contributed by atoms with Crippen molar-refractivity contribution in [2.45, 2.75) is 59.7 Å². The molecule has 0 radical (unpaired) electrons. The zero-order valence-electron chi connectivity index (χ0n) is 13.8. The van der Waals surface area contributed by atoms with Gasteiger partial charge < -0.3 is 0 Å². The number of halogens is 4. The first kappa shape index (κ1) is 18.7. The molecular weight excluding hydrogens is 419 g/mol. The molecule has 1 aliphatic rings. The van der Waals surface area contributed by atoms with Crippen LogP contribution in [0.5, 0.6) is 5.88 Å². The molecule has 1 aromatic rings. The molecule has 1 heterocycles. The molecule has 0 amide bonds. The van der Waals surface area contributed by atoms with Gasteiger partial charge in [0.25, 0.3) is 0 Å². The van der Waals surface area contributed by atoms with Crippen LogP contribution < -0.4 is 8.45 Å². The van der Waals surface area contributed by atoms with Crippen LogP contribution in [0.15, 0.2) is 0 Å². The predicted molar refractivity (Wildman–Crippen MR) is 82.1 cm³/mol. The molecule has 0 bridgehead atoms. The van der Waals surface area contributed by atoms with Crippen LogP contribution in [0.25, 0.3) is 0 Å². The zero-order chi connectivity index (χ0) is 17.4. The Labute approximate surface area is 137 Å². The Morgan fingerprint density at radius 1 is 1.04 bits per heavy atom. The number of aromatic nitrogens is 2. The monoisotopic (exact) mass is 442 g/mol. The Morgan fingerprint density at radius 2 is 1.61 bits per heavy atom. The summed E-state index contributed by atoms with van der Waals surface area (Å²) < 4.78 is 58.7. The van der Waals surface area contributed by atoms with E-state index in [-0.39, 0.29) is 31.6 Å². The number of hydrogen-bond donors (Lipinski definition) is 0. The summed E-state index contributed by atoms with van der Waals surface area (Å²) in [6, 6.07) is 0. The van der Waals surface area contributed by atoms with Crippen LogP contribution in [0.2, 0.25) is 14.8 Å². The van der Waals surface area contributed by atoms with Crippen molar-refractivity contribution in [2.75, 3.05) is 0 Å². The minimum absolute atomic E-state index is 0.0191. The summed E-state index contributed by atoms with van der Waals surface area (Å²) in [6.45, 7) is 1.67. The maximum absolute atomic E-state index is 14.6. The normalized spacial score (nSPS) is 23.0. The second-order valence-corrected chi connectivity index (χ2v) is 21.3. The molecule has 1 aromatic heterocycles. The SMILES string of the molecule is Cc1nc(OC2CCC(C(F)(F)F)CC2)c(F)[c]([Sn]([CH3])([CH3])[CH3])n1. The summed E-state index contributed by atoms with van der Waals surface area (Å²) in [7, 11) is 0. The third kappa shape index (κ3) is 4.70. The first-order valence-electron chi connectivity index (χ1n) is 7.76. The Balaban J connectivity index is 2.12. The minimum atomic E-state index is -4.16. The zero-order valence-corrected chi connectivity index (χ0v) is 16.7. The molecule has 3 nitrogen and oxygen atoms in total. The van der Waals surface area contributed by atoms with Gasteiger partial charge in [-0.15, -0.1) is 0 Å². The predicted octanol–water partition coefficient (Wildman–Crippen LogP) is 3.97. The van der Waals surface area contributed by atoms with Gasteiger partial charge in [-0.25, -0.2) is 0 Å². The van der Waals surface area contributed by atoms with E-state index in [0.717, 1.165) is 0 Å². The molecular formula is C15H22F4N2OSn. The van der Waals surface area contributed by atoms with Gasteiger partial charge in [-0.3, -0.25) is 0 Å². The van der Waals surface area contributed by atoms with Crippen LogP contribution >= 0.6 is 0 Å². The Kier molecular flexibility index (Phi) is 5.47. The molecule has 0 saturated heterocycles. The topological polar surface area (TPSA) is 35.0 Å². The third-order valence-corrected chi connectivity index (χ3v) is 9.06. The third-order valence-electron chi connectivity index (χ3n) is 4.06. The molecule has 0 aromatic carbocycles. The van der Waals surface area contributed by atoms with Crippen molar-refractivity contribution in [3.8, 4) is 5.88 Å². The van der Waals surface area contributed by atoms with E-state index >= 15 is 0 Å². The molecule has 1 fully saturated rings. The van der Waals surface area contributed by atoms with Gasteiger partial charge in [0, 0.05) is 0 Å². The summed E-state index contributed by atoms with van der Waals surface area (Å²) in [6.07, 6.45) is -4.01. The summed E-state index contributed by atoms with van der Waals surface area (Å²) in [5.74, 6) is -1.47. The van der Waals surface area contributed by atoms with Crippen molar-refractivity contribution in [3.05, 3.63) is 11.6 Å². The summed E-state index contributed by atoms with van der Waals surface area (Å²) in [5, 5.41) is 0. The standard InChI is InChI=1S/C12H13F4N2O.3CH3.Sn/c1-7-17-6-10(13)11(18-7)19-9-4-2-8(3-5-9)12(14,15)16;;;;/h8-9H,2-5H2,1H3;3*1H3;. The van der Waals surface area contributed by atoms with E-state index in [1.807, 2.05) is 14.8 Å². The first-order chi connectivity index (χ1) is 10.5. The van der Waals surface area contributed by atoms with Gasteiger partial charge in [0.2, 0.25) is 0 Å². The van der Waals surface area contributed by atoms with E-state index in [0.29, 0.717) is 9.53 Å². The second kappa shape index (κ2) is 6.72. The van der Waals surface area contributed by atoms with E-state index in [1.165, 1.54) is 0 Å². The first-order valence-corrected chi connectivity index (χ1v) is 17.8. The van der Waals surface area contributed by atoms with Crippen molar-refractivity contribution in [1.82, 2.24) is 9.97 Å². The van der Waals surface area contributed by atoms with Crippen LogP contribution in [-0.2, 0) is 0 Å². The summed E-state index contributed by atoms with van der Waals surface area (Å²) in [5.41, 5.74) is 0. The maximum atomic E-state index is 14.6. The number of ether oxygens (including phenoxy) is 1. The number of hydrogen-bond acceptors (Lipinski definition) is 3. The van der Waals surface area contributed by atoms with Gasteiger partial charge in [0.1, 0.15) is 0 Å². The van der Waals surface area contributed by atoms with Crippen LogP contribution in [0.4, 0.5) is 17.6 Å². The Hall–Kier alpha value is -0.601. The quantitative estimate of drug-likeness (QED) is 0.527. The van der Waals surface area contributed by atoms with E-state index in [4.69, 9.17) is 4.74 Å². The van der Waals surface area contributed by atoms with Crippen LogP contribution in [-0.4, -0.2) is 40.6 Å². The van der Waals surface area contributed by atoms with Gasteiger partial charge in [0.05, 0.1) is 0 Å². The molecule has 0 N–H and O–H groups in total. The molecule has 1 saturated carbocycles. The molecule has 0 aliphatic heterocycles. The number of alkyl halides is 3. The van der Waals surface area contributed by atoms with Gasteiger partial charge in [0.15, 0.2) is 0 Å². The fourth-order valence-corrected chi connectivity index (χ4v) is 6.38. The molecule has 0 spiro atoms. The van der Waals surface area contributed by atoms with Crippen molar-refractivity contribution >= 4 is 22.1 Å². The van der Waals surface area contributed by atoms with Crippen molar-refractivity contribution in [3.63, 3.8) is 0 Å². The van der Waals surface area contributed by atoms with E-state index in [2.05, 4.69) is 9.97 Å². The number of rotatable bonds is 3. The van der Waals surface area contributed by atoms with Crippen molar-refractivity contribution in [1.29, 1.82) is 0 Å². The summed E-state index contributed by atoms with van der Waals surface area (Å²) >= 11 is -2.76. The van der Waals surface area contributed by atoms with E-state index in [9.17, 15) is 17.6 Å². The van der Waals surface area contributed by atoms with Crippen molar-refractivity contribution < 1.29 is 22.3 Å². The second-order valence-electron chi connectivity index (χ2n) is 7.12. The Morgan fingerprint density at radius 3 is 2.09 bits per heavy atom. The van der Waals surface area contributed by atoms with Gasteiger partial charge in [-0.2, -0.15) is 0 Å². The molecule has 23 heavy (non-hydrogen) atoms. The molecule has 0 unspecified atom stereocenters. The molecule has 1 aliphatic carbocycles. The molecule has 0 atom stereocenters. The van der Waals surface area contributed by atoms with E-state index in [1.54, 1.807) is 6.92 Å². The fourth-order valence-electron chi connectivity index (χ4n) is 2.77. The van der Waals surface area contributed by atoms with Gasteiger partial charge in [-0.05, 0) is 0 Å². The summed E-state index contributed by atoms with van der Waals surface area (Å²) in [4.78, 5) is 14.4. The fraction of sp³-hybridized carbons (Fsp3) is 0.733. The van der Waals surface area contributed by atoms with E-state index < -0.39 is 42.4 Å². The average molecular weight is 441 g/mol. The number of aryl methyl sites for hydroxylation is 1. The molecule has 2 rings (SSSR count). The average Bonchev–Trinajstić information content (AvgIpc) is 2.41. The van der Waals surface area contributed by atoms with Crippen LogP contribution in [0, 0.1) is 18.7 Å². The van der Waals surface area contributed by atoms with Crippen molar-refractivity contribution in [2.24, 2.45) is 5.92 Å². The number of nitrogens with zero attached hydrogens (tertiary/aromatic N) is 2. The van der Waals surface area contributed by atoms with Gasteiger partial charge >= 0.3 is 137 Å². The Bertz CT molecular complexity index is 564.